The Hall–Kier alpha value is -4.05. The minimum Gasteiger partial charge on any atom is -0.489 e. The van der Waals surface area contributed by atoms with Crippen LogP contribution in [0.25, 0.3) is 0 Å². The number of hydrogen-bond donors (Lipinski definition) is 1. The molecule has 0 spiro atoms. The molecule has 4 aromatic rings. The monoisotopic (exact) mass is 422 g/mol. The lowest BCUT2D eigenvalue weighted by atomic mass is 10.1. The van der Waals surface area contributed by atoms with E-state index in [4.69, 9.17) is 9.47 Å². The molecule has 0 unspecified atom stereocenters. The van der Waals surface area contributed by atoms with Crippen LogP contribution in [0, 0.1) is 0 Å². The summed E-state index contributed by atoms with van der Waals surface area (Å²) < 4.78 is 11.7. The molecule has 0 aliphatic heterocycles. The van der Waals surface area contributed by atoms with Crippen LogP contribution in [0.4, 0.5) is 5.69 Å². The molecule has 0 aromatic heterocycles. The molecule has 0 aliphatic carbocycles. The second kappa shape index (κ2) is 10.8. The summed E-state index contributed by atoms with van der Waals surface area (Å²) in [5, 5.41) is 4.50. The van der Waals surface area contributed by atoms with E-state index in [0.29, 0.717) is 13.2 Å². The first-order chi connectivity index (χ1) is 15.8. The van der Waals surface area contributed by atoms with Gasteiger partial charge < -0.3 is 9.47 Å². The highest BCUT2D eigenvalue weighted by Gasteiger charge is 2.01. The Morgan fingerprint density at radius 1 is 0.625 bits per heavy atom. The van der Waals surface area contributed by atoms with Crippen molar-refractivity contribution in [1.82, 2.24) is 0 Å². The van der Waals surface area contributed by atoms with Crippen LogP contribution in [0.1, 0.15) is 23.6 Å². The molecule has 4 nitrogen and oxygen atoms in total. The van der Waals surface area contributed by atoms with Crippen molar-refractivity contribution >= 4 is 11.4 Å². The van der Waals surface area contributed by atoms with E-state index in [1.165, 1.54) is 0 Å². The average molecular weight is 423 g/mol. The molecule has 0 aliphatic rings. The van der Waals surface area contributed by atoms with E-state index in [2.05, 4.69) is 34.8 Å². The molecule has 0 saturated carbocycles. The Kier molecular flexibility index (Phi) is 7.17. The molecule has 32 heavy (non-hydrogen) atoms. The summed E-state index contributed by atoms with van der Waals surface area (Å²) in [4.78, 5) is 0. The fourth-order valence-electron chi connectivity index (χ4n) is 3.11. The van der Waals surface area contributed by atoms with Gasteiger partial charge in [0.15, 0.2) is 0 Å². The molecule has 160 valence electrons. The maximum atomic E-state index is 5.85. The maximum Gasteiger partial charge on any atom is 0.119 e. The predicted octanol–water partition coefficient (Wildman–Crippen LogP) is 6.68. The SMILES string of the molecule is CC(=NNc1ccc(OCc2ccccc2)cc1)c1ccc(OCc2ccccc2)cc1. The van der Waals surface area contributed by atoms with Crippen LogP contribution >= 0.6 is 0 Å². The number of nitrogens with zero attached hydrogens (tertiary/aromatic N) is 1. The number of anilines is 1. The van der Waals surface area contributed by atoms with Gasteiger partial charge in [-0.05, 0) is 72.1 Å². The first-order valence-electron chi connectivity index (χ1n) is 10.6. The molecule has 0 amide bonds. The Balaban J connectivity index is 1.28. The largest absolute Gasteiger partial charge is 0.489 e. The van der Waals surface area contributed by atoms with Gasteiger partial charge in [-0.1, -0.05) is 60.7 Å². The van der Waals surface area contributed by atoms with Gasteiger partial charge in [-0.25, -0.2) is 0 Å². The molecule has 0 bridgehead atoms. The number of ether oxygens (including phenoxy) is 2. The van der Waals surface area contributed by atoms with Crippen LogP contribution in [0.15, 0.2) is 114 Å². The first kappa shape index (κ1) is 21.2. The standard InChI is InChI=1S/C28H26N2O2/c1-22(25-12-16-27(17-13-25)31-20-23-8-4-2-5-9-23)29-30-26-14-18-28(19-15-26)32-21-24-10-6-3-7-11-24/h2-19,30H,20-21H2,1H3. The van der Waals surface area contributed by atoms with Crippen molar-refractivity contribution < 1.29 is 9.47 Å². The summed E-state index contributed by atoms with van der Waals surface area (Å²) in [6, 6.07) is 36.0. The van der Waals surface area contributed by atoms with Gasteiger partial charge in [0.05, 0.1) is 11.4 Å². The fraction of sp³-hybridized carbons (Fsp3) is 0.107. The van der Waals surface area contributed by atoms with E-state index in [1.54, 1.807) is 0 Å². The van der Waals surface area contributed by atoms with Gasteiger partial charge in [-0.15, -0.1) is 0 Å². The second-order valence-electron chi connectivity index (χ2n) is 7.41. The van der Waals surface area contributed by atoms with Crippen molar-refractivity contribution in [1.29, 1.82) is 0 Å². The lowest BCUT2D eigenvalue weighted by Gasteiger charge is -2.09. The van der Waals surface area contributed by atoms with Gasteiger partial charge in [-0.3, -0.25) is 5.43 Å². The molecule has 1 N–H and O–H groups in total. The first-order valence-corrected chi connectivity index (χ1v) is 10.6. The minimum atomic E-state index is 0.552. The van der Waals surface area contributed by atoms with Gasteiger partial charge in [0.1, 0.15) is 24.7 Å². The maximum absolute atomic E-state index is 5.85. The fourth-order valence-corrected chi connectivity index (χ4v) is 3.11. The molecular formula is C28H26N2O2. The topological polar surface area (TPSA) is 42.9 Å². The minimum absolute atomic E-state index is 0.552. The molecule has 0 heterocycles. The zero-order chi connectivity index (χ0) is 22.0. The Morgan fingerprint density at radius 2 is 1.09 bits per heavy atom. The van der Waals surface area contributed by atoms with Crippen molar-refractivity contribution in [3.05, 3.63) is 126 Å². The van der Waals surface area contributed by atoms with E-state index in [-0.39, 0.29) is 0 Å². The lowest BCUT2D eigenvalue weighted by molar-refractivity contribution is 0.306. The molecule has 0 radical (unpaired) electrons. The van der Waals surface area contributed by atoms with Crippen molar-refractivity contribution in [3.8, 4) is 11.5 Å². The van der Waals surface area contributed by atoms with Crippen molar-refractivity contribution in [2.24, 2.45) is 5.10 Å². The highest BCUT2D eigenvalue weighted by Crippen LogP contribution is 2.18. The van der Waals surface area contributed by atoms with Gasteiger partial charge in [-0.2, -0.15) is 5.10 Å². The van der Waals surface area contributed by atoms with Crippen LogP contribution in [-0.2, 0) is 13.2 Å². The van der Waals surface area contributed by atoms with E-state index in [1.807, 2.05) is 91.9 Å². The van der Waals surface area contributed by atoms with Gasteiger partial charge >= 0.3 is 0 Å². The summed E-state index contributed by atoms with van der Waals surface area (Å²) in [6.07, 6.45) is 0. The zero-order valence-electron chi connectivity index (χ0n) is 18.1. The Morgan fingerprint density at radius 3 is 1.59 bits per heavy atom. The van der Waals surface area contributed by atoms with E-state index in [0.717, 1.165) is 39.6 Å². The van der Waals surface area contributed by atoms with Crippen LogP contribution in [-0.4, -0.2) is 5.71 Å². The number of rotatable bonds is 9. The number of benzene rings is 4. The third-order valence-electron chi connectivity index (χ3n) is 4.98. The van der Waals surface area contributed by atoms with Crippen LogP contribution < -0.4 is 14.9 Å². The summed E-state index contributed by atoms with van der Waals surface area (Å²) in [5.41, 5.74) is 8.23. The quantitative estimate of drug-likeness (QED) is 0.242. The summed E-state index contributed by atoms with van der Waals surface area (Å²) in [6.45, 7) is 3.08. The highest BCUT2D eigenvalue weighted by atomic mass is 16.5. The van der Waals surface area contributed by atoms with Crippen LogP contribution in [0.5, 0.6) is 11.5 Å². The predicted molar refractivity (Wildman–Crippen MR) is 130 cm³/mol. The summed E-state index contributed by atoms with van der Waals surface area (Å²) >= 11 is 0. The number of hydrogen-bond acceptors (Lipinski definition) is 4. The second-order valence-corrected chi connectivity index (χ2v) is 7.41. The molecular weight excluding hydrogens is 396 g/mol. The van der Waals surface area contributed by atoms with Crippen molar-refractivity contribution in [2.45, 2.75) is 20.1 Å². The van der Waals surface area contributed by atoms with Crippen LogP contribution in [0.3, 0.4) is 0 Å². The van der Waals surface area contributed by atoms with E-state index in [9.17, 15) is 0 Å². The van der Waals surface area contributed by atoms with Crippen LogP contribution in [0.2, 0.25) is 0 Å². The average Bonchev–Trinajstić information content (AvgIpc) is 2.87. The van der Waals surface area contributed by atoms with E-state index >= 15 is 0 Å². The molecule has 4 rings (SSSR count). The molecule has 0 saturated heterocycles. The van der Waals surface area contributed by atoms with Crippen molar-refractivity contribution in [3.63, 3.8) is 0 Å². The third kappa shape index (κ3) is 6.22. The lowest BCUT2D eigenvalue weighted by Crippen LogP contribution is -2.00. The van der Waals surface area contributed by atoms with Crippen molar-refractivity contribution in [2.75, 3.05) is 5.43 Å². The molecule has 0 atom stereocenters. The zero-order valence-corrected chi connectivity index (χ0v) is 18.1. The summed E-state index contributed by atoms with van der Waals surface area (Å²) in [7, 11) is 0. The smallest absolute Gasteiger partial charge is 0.119 e. The highest BCUT2D eigenvalue weighted by molar-refractivity contribution is 5.99. The van der Waals surface area contributed by atoms with Gasteiger partial charge in [0.25, 0.3) is 0 Å². The molecule has 4 aromatic carbocycles. The number of nitrogens with one attached hydrogen (secondary N) is 1. The molecule has 4 heteroatoms. The molecule has 0 fully saturated rings. The third-order valence-corrected chi connectivity index (χ3v) is 4.98. The summed E-state index contributed by atoms with van der Waals surface area (Å²) in [5.74, 6) is 1.66. The van der Waals surface area contributed by atoms with E-state index < -0.39 is 0 Å². The van der Waals surface area contributed by atoms with Gasteiger partial charge in [0.2, 0.25) is 0 Å². The van der Waals surface area contributed by atoms with Gasteiger partial charge in [0, 0.05) is 0 Å². The number of hydrazone groups is 1. The Labute approximate surface area is 189 Å². The normalized spacial score (nSPS) is 11.1. The Bertz CT molecular complexity index is 1120.